The number of hydrogen-bond acceptors (Lipinski definition) is 3. The van der Waals surface area contributed by atoms with Crippen molar-refractivity contribution < 1.29 is 9.53 Å². The molecule has 0 saturated carbocycles. The average Bonchev–Trinajstić information content (AvgIpc) is 2.50. The van der Waals surface area contributed by atoms with Crippen LogP contribution in [-0.4, -0.2) is 17.6 Å². The van der Waals surface area contributed by atoms with Gasteiger partial charge in [0.25, 0.3) is 0 Å². The average molecular weight is 334 g/mol. The van der Waals surface area contributed by atoms with Crippen molar-refractivity contribution in [1.29, 1.82) is 0 Å². The Morgan fingerprint density at radius 3 is 2.52 bits per heavy atom. The second-order valence-corrected chi connectivity index (χ2v) is 5.99. The van der Waals surface area contributed by atoms with Gasteiger partial charge in [0.1, 0.15) is 12.4 Å². The molecule has 23 heavy (non-hydrogen) atoms. The van der Waals surface area contributed by atoms with Crippen LogP contribution in [0.25, 0.3) is 0 Å². The van der Waals surface area contributed by atoms with Gasteiger partial charge in [-0.1, -0.05) is 32.8 Å². The number of carbonyl (C=O) groups is 1. The molecule has 0 unspecified atom stereocenters. The standard InChI is InChI=1S/C18H26N2O2S/c1-4-5-6-7-8-17(21)20-18(23)19-15-9-11-16(12-10-15)22-13-14(2)3/h9-12H,2,4-8,13H2,1,3H3,(H2,19,20,21,23). The fourth-order valence-corrected chi connectivity index (χ4v) is 2.14. The van der Waals surface area contributed by atoms with E-state index in [9.17, 15) is 4.79 Å². The summed E-state index contributed by atoms with van der Waals surface area (Å²) in [5, 5.41) is 6.01. The van der Waals surface area contributed by atoms with Gasteiger partial charge in [-0.15, -0.1) is 0 Å². The maximum atomic E-state index is 11.7. The topological polar surface area (TPSA) is 50.4 Å². The first kappa shape index (κ1) is 19.2. The third-order valence-electron chi connectivity index (χ3n) is 3.11. The maximum Gasteiger partial charge on any atom is 0.226 e. The Morgan fingerprint density at radius 1 is 1.22 bits per heavy atom. The van der Waals surface area contributed by atoms with E-state index in [1.807, 2.05) is 31.2 Å². The molecule has 1 amide bonds. The van der Waals surface area contributed by atoms with Crippen LogP contribution >= 0.6 is 12.2 Å². The van der Waals surface area contributed by atoms with Gasteiger partial charge in [0.2, 0.25) is 5.91 Å². The van der Waals surface area contributed by atoms with E-state index in [1.54, 1.807) is 0 Å². The molecule has 0 aliphatic rings. The first-order valence-corrected chi connectivity index (χ1v) is 8.40. The van der Waals surface area contributed by atoms with Crippen molar-refractivity contribution >= 4 is 28.9 Å². The predicted octanol–water partition coefficient (Wildman–Crippen LogP) is 4.42. The van der Waals surface area contributed by atoms with Gasteiger partial charge in [0.15, 0.2) is 5.11 Å². The second-order valence-electron chi connectivity index (χ2n) is 5.58. The number of nitrogens with one attached hydrogen (secondary N) is 2. The summed E-state index contributed by atoms with van der Waals surface area (Å²) >= 11 is 5.15. The lowest BCUT2D eigenvalue weighted by Gasteiger charge is -2.11. The van der Waals surface area contributed by atoms with E-state index in [0.29, 0.717) is 18.1 Å². The van der Waals surface area contributed by atoms with Gasteiger partial charge >= 0.3 is 0 Å². The Bertz CT molecular complexity index is 526. The molecule has 5 heteroatoms. The molecule has 0 radical (unpaired) electrons. The molecular formula is C18H26N2O2S. The van der Waals surface area contributed by atoms with E-state index in [-0.39, 0.29) is 5.91 Å². The largest absolute Gasteiger partial charge is 0.489 e. The van der Waals surface area contributed by atoms with Crippen molar-refractivity contribution in [2.24, 2.45) is 0 Å². The molecule has 0 aromatic heterocycles. The van der Waals surface area contributed by atoms with E-state index in [4.69, 9.17) is 17.0 Å². The highest BCUT2D eigenvalue weighted by Gasteiger charge is 2.05. The van der Waals surface area contributed by atoms with Gasteiger partial charge in [-0.25, -0.2) is 0 Å². The van der Waals surface area contributed by atoms with Crippen molar-refractivity contribution in [2.45, 2.75) is 46.0 Å². The van der Waals surface area contributed by atoms with Crippen molar-refractivity contribution in [3.05, 3.63) is 36.4 Å². The van der Waals surface area contributed by atoms with Crippen LogP contribution in [0.3, 0.4) is 0 Å². The quantitative estimate of drug-likeness (QED) is 0.399. The van der Waals surface area contributed by atoms with E-state index in [2.05, 4.69) is 24.1 Å². The van der Waals surface area contributed by atoms with E-state index >= 15 is 0 Å². The Hall–Kier alpha value is -1.88. The molecule has 0 heterocycles. The minimum Gasteiger partial charge on any atom is -0.489 e. The molecule has 0 bridgehead atoms. The summed E-state index contributed by atoms with van der Waals surface area (Å²) in [6.07, 6.45) is 4.81. The zero-order valence-electron chi connectivity index (χ0n) is 14.0. The normalized spacial score (nSPS) is 10.0. The Morgan fingerprint density at radius 2 is 1.91 bits per heavy atom. The van der Waals surface area contributed by atoms with Crippen molar-refractivity contribution in [1.82, 2.24) is 5.32 Å². The second kappa shape index (κ2) is 10.8. The lowest BCUT2D eigenvalue weighted by Crippen LogP contribution is -2.33. The molecule has 0 fully saturated rings. The molecule has 0 atom stereocenters. The zero-order chi connectivity index (χ0) is 17.1. The lowest BCUT2D eigenvalue weighted by molar-refractivity contribution is -0.119. The fourth-order valence-electron chi connectivity index (χ4n) is 1.90. The lowest BCUT2D eigenvalue weighted by atomic mass is 10.1. The van der Waals surface area contributed by atoms with Gasteiger partial charge in [0, 0.05) is 12.1 Å². The van der Waals surface area contributed by atoms with Crippen LogP contribution in [0.15, 0.2) is 36.4 Å². The third-order valence-corrected chi connectivity index (χ3v) is 3.31. The number of thiocarbonyl (C=S) groups is 1. The number of rotatable bonds is 9. The maximum absolute atomic E-state index is 11.7. The molecule has 0 saturated heterocycles. The van der Waals surface area contributed by atoms with Gasteiger partial charge in [0.05, 0.1) is 0 Å². The molecule has 0 aliphatic carbocycles. The number of unbranched alkanes of at least 4 members (excludes halogenated alkanes) is 3. The van der Waals surface area contributed by atoms with Gasteiger partial charge in [-0.3, -0.25) is 4.79 Å². The molecule has 0 aliphatic heterocycles. The Labute approximate surface area is 144 Å². The Balaban J connectivity index is 2.33. The summed E-state index contributed by atoms with van der Waals surface area (Å²) in [4.78, 5) is 11.7. The first-order valence-electron chi connectivity index (χ1n) is 7.99. The number of hydrogen-bond donors (Lipinski definition) is 2. The smallest absolute Gasteiger partial charge is 0.226 e. The van der Waals surface area contributed by atoms with Crippen LogP contribution in [0.1, 0.15) is 46.0 Å². The molecule has 0 spiro atoms. The summed E-state index contributed by atoms with van der Waals surface area (Å²) in [6.45, 7) is 8.35. The number of benzene rings is 1. The van der Waals surface area contributed by atoms with Crippen LogP contribution in [0.4, 0.5) is 5.69 Å². The third kappa shape index (κ3) is 8.98. The van der Waals surface area contributed by atoms with Crippen molar-refractivity contribution in [3.8, 4) is 5.75 Å². The molecule has 126 valence electrons. The van der Waals surface area contributed by atoms with Crippen LogP contribution in [0.2, 0.25) is 0 Å². The highest BCUT2D eigenvalue weighted by molar-refractivity contribution is 7.80. The zero-order valence-corrected chi connectivity index (χ0v) is 14.8. The summed E-state index contributed by atoms with van der Waals surface area (Å²) in [5.41, 5.74) is 1.78. The summed E-state index contributed by atoms with van der Waals surface area (Å²) in [6, 6.07) is 7.40. The molecule has 1 rings (SSSR count). The number of ether oxygens (including phenoxy) is 1. The van der Waals surface area contributed by atoms with E-state index in [1.165, 1.54) is 0 Å². The number of carbonyl (C=O) groups excluding carboxylic acids is 1. The SMILES string of the molecule is C=C(C)COc1ccc(NC(=S)NC(=O)CCCCCC)cc1. The molecule has 1 aromatic carbocycles. The molecular weight excluding hydrogens is 308 g/mol. The summed E-state index contributed by atoms with van der Waals surface area (Å²) in [7, 11) is 0. The summed E-state index contributed by atoms with van der Waals surface area (Å²) in [5.74, 6) is 0.726. The van der Waals surface area contributed by atoms with Gasteiger partial charge < -0.3 is 15.4 Å². The summed E-state index contributed by atoms with van der Waals surface area (Å²) < 4.78 is 5.53. The van der Waals surface area contributed by atoms with Crippen LogP contribution in [0, 0.1) is 0 Å². The van der Waals surface area contributed by atoms with Crippen LogP contribution in [-0.2, 0) is 4.79 Å². The van der Waals surface area contributed by atoms with Crippen molar-refractivity contribution in [3.63, 3.8) is 0 Å². The predicted molar refractivity (Wildman–Crippen MR) is 99.9 cm³/mol. The fraction of sp³-hybridized carbons (Fsp3) is 0.444. The molecule has 4 nitrogen and oxygen atoms in total. The van der Waals surface area contributed by atoms with Gasteiger partial charge in [-0.2, -0.15) is 0 Å². The number of amides is 1. The van der Waals surface area contributed by atoms with Crippen LogP contribution < -0.4 is 15.4 Å². The van der Waals surface area contributed by atoms with E-state index in [0.717, 1.165) is 42.7 Å². The van der Waals surface area contributed by atoms with Gasteiger partial charge in [-0.05, 0) is 55.4 Å². The first-order chi connectivity index (χ1) is 11.0. The van der Waals surface area contributed by atoms with Crippen LogP contribution in [0.5, 0.6) is 5.75 Å². The van der Waals surface area contributed by atoms with E-state index < -0.39 is 0 Å². The highest BCUT2D eigenvalue weighted by atomic mass is 32.1. The number of anilines is 1. The highest BCUT2D eigenvalue weighted by Crippen LogP contribution is 2.16. The Kier molecular flexibility index (Phi) is 8.98. The minimum absolute atomic E-state index is 0.0417. The molecule has 1 aromatic rings. The minimum atomic E-state index is -0.0417. The van der Waals surface area contributed by atoms with Crippen molar-refractivity contribution in [2.75, 3.05) is 11.9 Å². The molecule has 2 N–H and O–H groups in total. The monoisotopic (exact) mass is 334 g/mol.